The molecule has 7 heteroatoms. The minimum Gasteiger partial charge on any atom is -0.259 e. The molecule has 0 aromatic heterocycles. The second kappa shape index (κ2) is 6.28. The molecule has 1 aliphatic rings. The van der Waals surface area contributed by atoms with Crippen molar-refractivity contribution < 1.29 is 13.2 Å². The standard InChI is InChI=1S/C14H11BrN2O3S/c1-10-9-11(16-14(15)18)7-8-13(10)17-21(19,20)12-5-3-2-4-6-12/h2-9H,1H3/b16-11+,17-13+. The summed E-state index contributed by atoms with van der Waals surface area (Å²) in [6.07, 6.45) is 4.65. The quantitative estimate of drug-likeness (QED) is 0.457. The van der Waals surface area contributed by atoms with Crippen LogP contribution in [0, 0.1) is 0 Å². The maximum atomic E-state index is 12.2. The summed E-state index contributed by atoms with van der Waals surface area (Å²) in [7, 11) is -3.75. The Morgan fingerprint density at radius 2 is 1.81 bits per heavy atom. The molecule has 0 heterocycles. The summed E-state index contributed by atoms with van der Waals surface area (Å²) in [5, 5.41) is 0. The predicted molar refractivity (Wildman–Crippen MR) is 85.7 cm³/mol. The lowest BCUT2D eigenvalue weighted by Crippen LogP contribution is -2.09. The van der Waals surface area contributed by atoms with E-state index >= 15 is 0 Å². The largest absolute Gasteiger partial charge is 0.313 e. The normalized spacial score (nSPS) is 18.9. The van der Waals surface area contributed by atoms with Crippen molar-refractivity contribution in [2.45, 2.75) is 11.8 Å². The van der Waals surface area contributed by atoms with Crippen LogP contribution in [0.15, 0.2) is 68.4 Å². The highest BCUT2D eigenvalue weighted by Crippen LogP contribution is 2.15. The van der Waals surface area contributed by atoms with Crippen LogP contribution in [0.3, 0.4) is 0 Å². The third-order valence-corrected chi connectivity index (χ3v) is 4.14. The Bertz CT molecular complexity index is 791. The number of sulfonamides is 1. The molecule has 108 valence electrons. The third kappa shape index (κ3) is 4.05. The molecule has 0 aliphatic heterocycles. The Morgan fingerprint density at radius 3 is 2.38 bits per heavy atom. The van der Waals surface area contributed by atoms with Gasteiger partial charge in [-0.1, -0.05) is 18.2 Å². The molecular formula is C14H11BrN2O3S. The summed E-state index contributed by atoms with van der Waals surface area (Å²) in [6, 6.07) is 7.98. The molecule has 1 aliphatic carbocycles. The van der Waals surface area contributed by atoms with E-state index in [9.17, 15) is 13.2 Å². The molecular weight excluding hydrogens is 356 g/mol. The molecule has 2 rings (SSSR count). The summed E-state index contributed by atoms with van der Waals surface area (Å²) < 4.78 is 28.1. The maximum absolute atomic E-state index is 12.2. The van der Waals surface area contributed by atoms with Crippen LogP contribution in [0.25, 0.3) is 0 Å². The fourth-order valence-electron chi connectivity index (χ4n) is 1.69. The van der Waals surface area contributed by atoms with E-state index in [1.54, 1.807) is 31.2 Å². The fraction of sp³-hybridized carbons (Fsp3) is 0.0714. The second-order valence-corrected chi connectivity index (χ2v) is 6.50. The molecule has 0 radical (unpaired) electrons. The van der Waals surface area contributed by atoms with E-state index in [0.29, 0.717) is 17.0 Å². The average molecular weight is 367 g/mol. The summed E-state index contributed by atoms with van der Waals surface area (Å²) >= 11 is 2.71. The Labute approximate surface area is 131 Å². The van der Waals surface area contributed by atoms with Crippen molar-refractivity contribution in [2.75, 3.05) is 0 Å². The Morgan fingerprint density at radius 1 is 1.14 bits per heavy atom. The van der Waals surface area contributed by atoms with Crippen LogP contribution in [-0.4, -0.2) is 24.7 Å². The zero-order chi connectivity index (χ0) is 15.5. The van der Waals surface area contributed by atoms with Crippen molar-refractivity contribution in [3.8, 4) is 0 Å². The van der Waals surface area contributed by atoms with E-state index in [1.165, 1.54) is 24.3 Å². The lowest BCUT2D eigenvalue weighted by Gasteiger charge is -2.08. The van der Waals surface area contributed by atoms with Gasteiger partial charge in [0.2, 0.25) is 0 Å². The number of halogens is 1. The first-order valence-corrected chi connectivity index (χ1v) is 8.17. The van der Waals surface area contributed by atoms with Crippen molar-refractivity contribution in [2.24, 2.45) is 9.39 Å². The average Bonchev–Trinajstić information content (AvgIpc) is 2.42. The number of hydrogen-bond acceptors (Lipinski definition) is 3. The van der Waals surface area contributed by atoms with Gasteiger partial charge >= 0.3 is 4.82 Å². The summed E-state index contributed by atoms with van der Waals surface area (Å²) in [6.45, 7) is 1.71. The number of nitrogens with zero attached hydrogens (tertiary/aromatic N) is 2. The summed E-state index contributed by atoms with van der Waals surface area (Å²) in [4.78, 5) is 14.2. The van der Waals surface area contributed by atoms with Gasteiger partial charge in [-0.05, 0) is 42.9 Å². The van der Waals surface area contributed by atoms with E-state index < -0.39 is 14.8 Å². The van der Waals surface area contributed by atoms with Gasteiger partial charge in [0.1, 0.15) is 0 Å². The van der Waals surface area contributed by atoms with E-state index in [4.69, 9.17) is 0 Å². The van der Waals surface area contributed by atoms with Gasteiger partial charge < -0.3 is 0 Å². The van der Waals surface area contributed by atoms with Crippen molar-refractivity contribution in [3.63, 3.8) is 0 Å². The number of benzene rings is 1. The molecule has 0 spiro atoms. The van der Waals surface area contributed by atoms with Gasteiger partial charge in [0.05, 0.1) is 16.3 Å². The molecule has 0 N–H and O–H groups in total. The van der Waals surface area contributed by atoms with Gasteiger partial charge in [-0.3, -0.25) is 4.79 Å². The molecule has 0 unspecified atom stereocenters. The number of allylic oxidation sites excluding steroid dienone is 4. The van der Waals surface area contributed by atoms with Gasteiger partial charge in [-0.25, -0.2) is 4.99 Å². The lowest BCUT2D eigenvalue weighted by atomic mass is 10.0. The first-order valence-electron chi connectivity index (χ1n) is 5.93. The monoisotopic (exact) mass is 366 g/mol. The zero-order valence-corrected chi connectivity index (χ0v) is 13.4. The minimum absolute atomic E-state index is 0.133. The van der Waals surface area contributed by atoms with Crippen molar-refractivity contribution in [1.82, 2.24) is 0 Å². The Hall–Kier alpha value is -1.86. The number of carbonyl (C=O) groups is 1. The smallest absolute Gasteiger partial charge is 0.259 e. The lowest BCUT2D eigenvalue weighted by molar-refractivity contribution is 0.268. The molecule has 5 nitrogen and oxygen atoms in total. The van der Waals surface area contributed by atoms with Crippen LogP contribution in [-0.2, 0) is 10.0 Å². The minimum atomic E-state index is -3.75. The topological polar surface area (TPSA) is 75.9 Å². The van der Waals surface area contributed by atoms with Crippen LogP contribution in [0.4, 0.5) is 4.79 Å². The van der Waals surface area contributed by atoms with Gasteiger partial charge in [-0.15, -0.1) is 0 Å². The number of hydrogen-bond donors (Lipinski definition) is 0. The number of carbonyl (C=O) groups excluding carboxylic acids is 1. The highest BCUT2D eigenvalue weighted by molar-refractivity contribution is 9.18. The fourth-order valence-corrected chi connectivity index (χ4v) is 2.96. The van der Waals surface area contributed by atoms with E-state index in [-0.39, 0.29) is 4.90 Å². The third-order valence-electron chi connectivity index (χ3n) is 2.66. The van der Waals surface area contributed by atoms with Gasteiger partial charge in [0, 0.05) is 15.9 Å². The number of amides is 1. The molecule has 0 saturated heterocycles. The SMILES string of the molecule is CC1=CC(=N/C(=O)Br)/C=CC/1=N\S(=O)(=O)c1ccccc1. The Balaban J connectivity index is 2.37. The van der Waals surface area contributed by atoms with E-state index in [2.05, 4.69) is 25.3 Å². The van der Waals surface area contributed by atoms with Gasteiger partial charge in [0.25, 0.3) is 10.0 Å². The predicted octanol–water partition coefficient (Wildman–Crippen LogP) is 3.29. The second-order valence-electron chi connectivity index (χ2n) is 4.21. The first-order chi connectivity index (χ1) is 9.88. The van der Waals surface area contributed by atoms with Crippen molar-refractivity contribution in [1.29, 1.82) is 0 Å². The molecule has 1 aromatic rings. The van der Waals surface area contributed by atoms with Crippen LogP contribution in [0.2, 0.25) is 0 Å². The van der Waals surface area contributed by atoms with Crippen molar-refractivity contribution in [3.05, 3.63) is 54.1 Å². The van der Waals surface area contributed by atoms with Crippen molar-refractivity contribution >= 4 is 42.2 Å². The van der Waals surface area contributed by atoms with Crippen LogP contribution < -0.4 is 0 Å². The molecule has 0 fully saturated rings. The molecule has 1 aromatic carbocycles. The number of rotatable bonds is 2. The van der Waals surface area contributed by atoms with Crippen LogP contribution in [0.1, 0.15) is 6.92 Å². The van der Waals surface area contributed by atoms with Crippen LogP contribution in [0.5, 0.6) is 0 Å². The first kappa shape index (κ1) is 15.5. The molecule has 0 saturated carbocycles. The molecule has 1 amide bonds. The summed E-state index contributed by atoms with van der Waals surface area (Å²) in [5.74, 6) is 0. The van der Waals surface area contributed by atoms with Gasteiger partial charge in [-0.2, -0.15) is 12.8 Å². The zero-order valence-electron chi connectivity index (χ0n) is 11.0. The molecule has 21 heavy (non-hydrogen) atoms. The summed E-state index contributed by atoms with van der Waals surface area (Å²) in [5.41, 5.74) is 1.37. The van der Waals surface area contributed by atoms with E-state index in [0.717, 1.165) is 0 Å². The highest BCUT2D eigenvalue weighted by Gasteiger charge is 2.15. The Kier molecular flexibility index (Phi) is 4.64. The molecule has 0 atom stereocenters. The maximum Gasteiger partial charge on any atom is 0.313 e. The van der Waals surface area contributed by atoms with E-state index in [1.807, 2.05) is 0 Å². The number of aliphatic imine (C=N–C) groups is 1. The van der Waals surface area contributed by atoms with Gasteiger partial charge in [0.15, 0.2) is 0 Å². The van der Waals surface area contributed by atoms with Crippen LogP contribution >= 0.6 is 15.9 Å². The molecule has 0 bridgehead atoms. The highest BCUT2D eigenvalue weighted by atomic mass is 79.9.